The number of rotatable bonds is 4. The largest absolute Gasteiger partial charge is 0.343 e. The Labute approximate surface area is 159 Å². The molecule has 0 aliphatic rings. The third-order valence-electron chi connectivity index (χ3n) is 4.73. The van der Waals surface area contributed by atoms with Crippen LogP contribution < -0.4 is 18.3 Å². The predicted molar refractivity (Wildman–Crippen MR) is 102 cm³/mol. The van der Waals surface area contributed by atoms with E-state index in [4.69, 9.17) is 0 Å². The maximum atomic E-state index is 2.18. The van der Waals surface area contributed by atoms with Gasteiger partial charge in [0.15, 0.2) is 49.6 Å². The van der Waals surface area contributed by atoms with Crippen molar-refractivity contribution in [3.63, 3.8) is 0 Å². The van der Waals surface area contributed by atoms with Crippen molar-refractivity contribution < 1.29 is 18.3 Å². The van der Waals surface area contributed by atoms with E-state index < -0.39 is 0 Å². The Hall–Kier alpha value is -3.40. The molecule has 0 radical (unpaired) electrons. The molecule has 4 aromatic rings. The first-order valence-electron chi connectivity index (χ1n) is 9.07. The van der Waals surface area contributed by atoms with Crippen LogP contribution in [0.15, 0.2) is 98.1 Å². The molecule has 0 amide bonds. The summed E-state index contributed by atoms with van der Waals surface area (Å²) in [6.07, 6.45) is 16.8. The molecular formula is C23H24N4+4. The number of pyridine rings is 4. The van der Waals surface area contributed by atoms with E-state index >= 15 is 0 Å². The zero-order valence-corrected chi connectivity index (χ0v) is 15.7. The summed E-state index contributed by atoms with van der Waals surface area (Å²) in [6.45, 7) is 0.786. The smallest absolute Gasteiger partial charge is 0.208 e. The fraction of sp³-hybridized carbons (Fsp3) is 0.130. The van der Waals surface area contributed by atoms with Crippen LogP contribution in [0.3, 0.4) is 0 Å². The van der Waals surface area contributed by atoms with E-state index in [0.29, 0.717) is 0 Å². The van der Waals surface area contributed by atoms with Gasteiger partial charge in [0.2, 0.25) is 0 Å². The van der Waals surface area contributed by atoms with Crippen LogP contribution >= 0.6 is 0 Å². The van der Waals surface area contributed by atoms with Gasteiger partial charge in [-0.2, -0.15) is 0 Å². The van der Waals surface area contributed by atoms with Gasteiger partial charge in [-0.25, -0.2) is 9.13 Å². The van der Waals surface area contributed by atoms with Gasteiger partial charge < -0.3 is 0 Å². The Morgan fingerprint density at radius 1 is 0.444 bits per heavy atom. The maximum Gasteiger partial charge on any atom is 0.343 e. The molecule has 0 unspecified atom stereocenters. The molecule has 0 aliphatic heterocycles. The van der Waals surface area contributed by atoms with E-state index in [2.05, 4.69) is 107 Å². The standard InChI is InChI=1S/C23H24N4/c1-24-11-3-20(4-12-24)22-7-15-26(16-8-22)19-27-17-9-23(10-18-27)21-5-13-25(2)14-6-21/h3-18H,19H2,1-2H3/q+4. The molecule has 27 heavy (non-hydrogen) atoms. The van der Waals surface area contributed by atoms with E-state index in [1.807, 2.05) is 23.2 Å². The van der Waals surface area contributed by atoms with Crippen molar-refractivity contribution in [3.8, 4) is 22.3 Å². The van der Waals surface area contributed by atoms with Gasteiger partial charge in [-0.05, 0) is 22.3 Å². The summed E-state index contributed by atoms with van der Waals surface area (Å²) in [5, 5.41) is 0. The molecule has 0 N–H and O–H groups in total. The van der Waals surface area contributed by atoms with E-state index in [1.165, 1.54) is 22.3 Å². The van der Waals surface area contributed by atoms with Crippen LogP contribution in [-0.4, -0.2) is 0 Å². The SMILES string of the molecule is C[n+]1ccc(-c2cc[n+](C[n+]3ccc(-c4cc[n+](C)cc4)cc3)cc2)cc1. The molecule has 0 spiro atoms. The fourth-order valence-corrected chi connectivity index (χ4v) is 3.06. The summed E-state index contributed by atoms with van der Waals surface area (Å²) >= 11 is 0. The maximum absolute atomic E-state index is 2.18. The Balaban J connectivity index is 1.47. The third kappa shape index (κ3) is 4.06. The molecule has 0 saturated heterocycles. The fourth-order valence-electron chi connectivity index (χ4n) is 3.06. The molecule has 0 fully saturated rings. The van der Waals surface area contributed by atoms with Crippen molar-refractivity contribution in [2.24, 2.45) is 14.1 Å². The molecule has 4 nitrogen and oxygen atoms in total. The molecule has 0 saturated carbocycles. The normalized spacial score (nSPS) is 10.7. The number of aryl methyl sites for hydroxylation is 2. The van der Waals surface area contributed by atoms with Gasteiger partial charge in [0.05, 0.1) is 0 Å². The van der Waals surface area contributed by atoms with Gasteiger partial charge in [-0.3, -0.25) is 0 Å². The van der Waals surface area contributed by atoms with Crippen LogP contribution in [0.2, 0.25) is 0 Å². The van der Waals surface area contributed by atoms with E-state index in [9.17, 15) is 0 Å². The minimum absolute atomic E-state index is 0.786. The lowest BCUT2D eigenvalue weighted by atomic mass is 10.1. The van der Waals surface area contributed by atoms with Gasteiger partial charge in [0, 0.05) is 48.5 Å². The number of hydrogen-bond acceptors (Lipinski definition) is 0. The highest BCUT2D eigenvalue weighted by molar-refractivity contribution is 5.61. The quantitative estimate of drug-likeness (QED) is 0.495. The lowest BCUT2D eigenvalue weighted by Crippen LogP contribution is -2.50. The second-order valence-electron chi connectivity index (χ2n) is 6.85. The lowest BCUT2D eigenvalue weighted by molar-refractivity contribution is -0.913. The highest BCUT2D eigenvalue weighted by Crippen LogP contribution is 2.16. The van der Waals surface area contributed by atoms with E-state index in [1.54, 1.807) is 0 Å². The Morgan fingerprint density at radius 2 is 0.704 bits per heavy atom. The highest BCUT2D eigenvalue weighted by atomic mass is 15.1. The van der Waals surface area contributed by atoms with Gasteiger partial charge in [-0.15, -0.1) is 9.13 Å². The molecule has 0 bridgehead atoms. The number of aromatic nitrogens is 4. The molecule has 0 atom stereocenters. The predicted octanol–water partition coefficient (Wildman–Crippen LogP) is 1.75. The zero-order chi connectivity index (χ0) is 18.6. The molecule has 4 rings (SSSR count). The molecular weight excluding hydrogens is 332 g/mol. The summed E-state index contributed by atoms with van der Waals surface area (Å²) in [7, 11) is 4.06. The minimum atomic E-state index is 0.786. The van der Waals surface area contributed by atoms with E-state index in [-0.39, 0.29) is 0 Å². The molecule has 4 aromatic heterocycles. The van der Waals surface area contributed by atoms with Gasteiger partial charge in [0.1, 0.15) is 14.1 Å². The molecule has 132 valence electrons. The minimum Gasteiger partial charge on any atom is -0.208 e. The Morgan fingerprint density at radius 3 is 1.00 bits per heavy atom. The first kappa shape index (κ1) is 17.0. The van der Waals surface area contributed by atoms with Crippen LogP contribution in [0, 0.1) is 0 Å². The Kier molecular flexibility index (Phi) is 4.71. The van der Waals surface area contributed by atoms with Gasteiger partial charge in [0.25, 0.3) is 0 Å². The summed E-state index contributed by atoms with van der Waals surface area (Å²) in [6, 6.07) is 17.2. The summed E-state index contributed by atoms with van der Waals surface area (Å²) in [4.78, 5) is 0. The summed E-state index contributed by atoms with van der Waals surface area (Å²) < 4.78 is 8.44. The average Bonchev–Trinajstić information content (AvgIpc) is 2.71. The van der Waals surface area contributed by atoms with Crippen LogP contribution in [0.25, 0.3) is 22.3 Å². The average molecular weight is 356 g/mol. The van der Waals surface area contributed by atoms with Crippen LogP contribution in [0.5, 0.6) is 0 Å². The van der Waals surface area contributed by atoms with Crippen LogP contribution in [0.1, 0.15) is 0 Å². The second kappa shape index (κ2) is 7.46. The number of hydrogen-bond donors (Lipinski definition) is 0. The van der Waals surface area contributed by atoms with Crippen molar-refractivity contribution in [1.82, 2.24) is 0 Å². The molecule has 0 aliphatic carbocycles. The van der Waals surface area contributed by atoms with E-state index in [0.717, 1.165) is 6.67 Å². The number of nitrogens with zero attached hydrogens (tertiary/aromatic N) is 4. The summed E-state index contributed by atoms with van der Waals surface area (Å²) in [5.41, 5.74) is 4.91. The van der Waals surface area contributed by atoms with Gasteiger partial charge >= 0.3 is 6.67 Å². The Bertz CT molecular complexity index is 933. The molecule has 4 heteroatoms. The molecule has 4 heterocycles. The van der Waals surface area contributed by atoms with Crippen LogP contribution in [0.4, 0.5) is 0 Å². The topological polar surface area (TPSA) is 15.5 Å². The first-order valence-corrected chi connectivity index (χ1v) is 9.07. The van der Waals surface area contributed by atoms with Crippen LogP contribution in [-0.2, 0) is 20.8 Å². The van der Waals surface area contributed by atoms with Crippen molar-refractivity contribution in [3.05, 3.63) is 98.1 Å². The second-order valence-corrected chi connectivity index (χ2v) is 6.85. The first-order chi connectivity index (χ1) is 13.2. The highest BCUT2D eigenvalue weighted by Gasteiger charge is 2.10. The van der Waals surface area contributed by atoms with Crippen molar-refractivity contribution in [1.29, 1.82) is 0 Å². The van der Waals surface area contributed by atoms with Gasteiger partial charge in [-0.1, -0.05) is 0 Å². The third-order valence-corrected chi connectivity index (χ3v) is 4.73. The summed E-state index contributed by atoms with van der Waals surface area (Å²) in [5.74, 6) is 0. The lowest BCUT2D eigenvalue weighted by Gasteiger charge is -2.01. The van der Waals surface area contributed by atoms with Crippen molar-refractivity contribution in [2.45, 2.75) is 6.67 Å². The monoisotopic (exact) mass is 356 g/mol. The van der Waals surface area contributed by atoms with Crippen molar-refractivity contribution in [2.75, 3.05) is 0 Å². The zero-order valence-electron chi connectivity index (χ0n) is 15.7. The molecule has 0 aromatic carbocycles. The van der Waals surface area contributed by atoms with Crippen molar-refractivity contribution >= 4 is 0 Å².